The molecule has 1 aromatic heterocycles. The van der Waals surface area contributed by atoms with Gasteiger partial charge in [0.15, 0.2) is 0 Å². The van der Waals surface area contributed by atoms with Gasteiger partial charge >= 0.3 is 0 Å². The summed E-state index contributed by atoms with van der Waals surface area (Å²) in [6.45, 7) is 4.86. The summed E-state index contributed by atoms with van der Waals surface area (Å²) >= 11 is 2.75. The Morgan fingerprint density at radius 2 is 1.62 bits per heavy atom. The van der Waals surface area contributed by atoms with E-state index in [0.717, 1.165) is 4.68 Å². The third-order valence-electron chi connectivity index (χ3n) is 1.93. The zero-order chi connectivity index (χ0) is 12.7. The fourth-order valence-electron chi connectivity index (χ4n) is 1.27. The standard InChI is InChI=1S/C9H11BrF4N2/c1-9(2,3)16-6(8(13)14)4(10)5(15-16)7(11)12/h7-8H,1-3H3. The van der Waals surface area contributed by atoms with Crippen LogP contribution in [0.25, 0.3) is 0 Å². The molecule has 2 nitrogen and oxygen atoms in total. The fourth-order valence-corrected chi connectivity index (χ4v) is 1.86. The number of hydrogen-bond acceptors (Lipinski definition) is 1. The van der Waals surface area contributed by atoms with Crippen molar-refractivity contribution in [1.29, 1.82) is 0 Å². The van der Waals surface area contributed by atoms with Gasteiger partial charge in [-0.1, -0.05) is 0 Å². The lowest BCUT2D eigenvalue weighted by molar-refractivity contribution is 0.128. The van der Waals surface area contributed by atoms with E-state index in [4.69, 9.17) is 0 Å². The number of alkyl halides is 4. The van der Waals surface area contributed by atoms with Crippen LogP contribution in [0.1, 0.15) is 45.0 Å². The maximum atomic E-state index is 12.8. The highest BCUT2D eigenvalue weighted by molar-refractivity contribution is 9.10. The summed E-state index contributed by atoms with van der Waals surface area (Å²) in [7, 11) is 0. The van der Waals surface area contributed by atoms with Gasteiger partial charge in [-0.05, 0) is 36.7 Å². The Hall–Kier alpha value is -0.590. The van der Waals surface area contributed by atoms with Gasteiger partial charge in [-0.15, -0.1) is 0 Å². The molecule has 1 rings (SSSR count). The molecular weight excluding hydrogens is 292 g/mol. The van der Waals surface area contributed by atoms with Crippen molar-refractivity contribution in [2.45, 2.75) is 39.2 Å². The zero-order valence-electron chi connectivity index (χ0n) is 8.94. The average Bonchev–Trinajstić information content (AvgIpc) is 2.41. The van der Waals surface area contributed by atoms with E-state index in [2.05, 4.69) is 21.0 Å². The normalized spacial score (nSPS) is 12.9. The molecule has 0 bridgehead atoms. The molecule has 7 heteroatoms. The predicted molar refractivity (Wildman–Crippen MR) is 54.8 cm³/mol. The quantitative estimate of drug-likeness (QED) is 0.746. The molecule has 0 atom stereocenters. The van der Waals surface area contributed by atoms with Crippen LogP contribution in [0.4, 0.5) is 17.6 Å². The molecule has 0 unspecified atom stereocenters. The minimum absolute atomic E-state index is 0.313. The van der Waals surface area contributed by atoms with E-state index in [-0.39, 0.29) is 4.47 Å². The Labute approximate surface area is 98.8 Å². The molecule has 1 heterocycles. The second-order valence-electron chi connectivity index (χ2n) is 4.27. The van der Waals surface area contributed by atoms with E-state index in [1.165, 1.54) is 0 Å². The first-order valence-electron chi connectivity index (χ1n) is 4.51. The lowest BCUT2D eigenvalue weighted by Crippen LogP contribution is -2.25. The van der Waals surface area contributed by atoms with E-state index < -0.39 is 29.8 Å². The first-order chi connectivity index (χ1) is 7.16. The molecule has 0 fully saturated rings. The van der Waals surface area contributed by atoms with Crippen LogP contribution in [0.15, 0.2) is 4.47 Å². The third kappa shape index (κ3) is 2.39. The maximum Gasteiger partial charge on any atom is 0.283 e. The van der Waals surface area contributed by atoms with Gasteiger partial charge in [-0.25, -0.2) is 17.6 Å². The second kappa shape index (κ2) is 4.35. The number of nitrogens with zero attached hydrogens (tertiary/aromatic N) is 2. The zero-order valence-corrected chi connectivity index (χ0v) is 10.5. The van der Waals surface area contributed by atoms with E-state index in [1.807, 2.05) is 0 Å². The highest BCUT2D eigenvalue weighted by atomic mass is 79.9. The average molecular weight is 303 g/mol. The van der Waals surface area contributed by atoms with Crippen LogP contribution >= 0.6 is 15.9 Å². The molecule has 0 saturated heterocycles. The molecule has 0 spiro atoms. The maximum absolute atomic E-state index is 12.8. The predicted octanol–water partition coefficient (Wildman–Crippen LogP) is 4.28. The Kier molecular flexibility index (Phi) is 3.66. The molecule has 0 aliphatic heterocycles. The topological polar surface area (TPSA) is 17.8 Å². The van der Waals surface area contributed by atoms with Crippen LogP contribution in [-0.2, 0) is 5.54 Å². The SMILES string of the molecule is CC(C)(C)n1nc(C(F)F)c(Br)c1C(F)F. The first-order valence-corrected chi connectivity index (χ1v) is 5.30. The van der Waals surface area contributed by atoms with E-state index >= 15 is 0 Å². The van der Waals surface area contributed by atoms with Gasteiger partial charge in [0.1, 0.15) is 11.4 Å². The van der Waals surface area contributed by atoms with Crippen LogP contribution < -0.4 is 0 Å². The Morgan fingerprint density at radius 3 is 1.88 bits per heavy atom. The van der Waals surface area contributed by atoms with Gasteiger partial charge < -0.3 is 0 Å². The Morgan fingerprint density at radius 1 is 1.12 bits per heavy atom. The molecule has 0 N–H and O–H groups in total. The van der Waals surface area contributed by atoms with Crippen molar-refractivity contribution in [3.8, 4) is 0 Å². The summed E-state index contributed by atoms with van der Waals surface area (Å²) in [6.07, 6.45) is -5.73. The number of rotatable bonds is 2. The van der Waals surface area contributed by atoms with Crippen molar-refractivity contribution in [1.82, 2.24) is 9.78 Å². The first kappa shape index (κ1) is 13.5. The van der Waals surface area contributed by atoms with Crippen molar-refractivity contribution < 1.29 is 17.6 Å². The van der Waals surface area contributed by atoms with Gasteiger partial charge in [-0.3, -0.25) is 4.68 Å². The minimum atomic E-state index is -2.88. The van der Waals surface area contributed by atoms with Gasteiger partial charge in [-0.2, -0.15) is 5.10 Å². The summed E-state index contributed by atoms with van der Waals surface area (Å²) in [6, 6.07) is 0. The highest BCUT2D eigenvalue weighted by Gasteiger charge is 2.31. The number of halogens is 5. The van der Waals surface area contributed by atoms with Gasteiger partial charge in [0, 0.05) is 0 Å². The van der Waals surface area contributed by atoms with Crippen LogP contribution in [0.3, 0.4) is 0 Å². The summed E-state index contributed by atoms with van der Waals surface area (Å²) < 4.78 is 51.2. The van der Waals surface area contributed by atoms with Crippen molar-refractivity contribution in [3.63, 3.8) is 0 Å². The van der Waals surface area contributed by atoms with Crippen molar-refractivity contribution in [2.75, 3.05) is 0 Å². The molecule has 92 valence electrons. The largest absolute Gasteiger partial charge is 0.283 e. The monoisotopic (exact) mass is 302 g/mol. The Balaban J connectivity index is 3.44. The van der Waals surface area contributed by atoms with Gasteiger partial charge in [0.2, 0.25) is 0 Å². The van der Waals surface area contributed by atoms with Crippen LogP contribution in [0.5, 0.6) is 0 Å². The van der Waals surface area contributed by atoms with Crippen LogP contribution in [0, 0.1) is 0 Å². The van der Waals surface area contributed by atoms with Crippen molar-refractivity contribution in [2.24, 2.45) is 0 Å². The molecular formula is C9H11BrF4N2. The lowest BCUT2D eigenvalue weighted by atomic mass is 10.1. The van der Waals surface area contributed by atoms with Crippen LogP contribution in [-0.4, -0.2) is 9.78 Å². The summed E-state index contributed by atoms with van der Waals surface area (Å²) in [5, 5.41) is 3.54. The molecule has 0 aliphatic rings. The molecule has 16 heavy (non-hydrogen) atoms. The lowest BCUT2D eigenvalue weighted by Gasteiger charge is -2.22. The summed E-state index contributed by atoms with van der Waals surface area (Å²) in [4.78, 5) is 0. The molecule has 0 saturated carbocycles. The van der Waals surface area contributed by atoms with Gasteiger partial charge in [0.25, 0.3) is 12.9 Å². The molecule has 0 radical (unpaired) electrons. The molecule has 1 aromatic rings. The van der Waals surface area contributed by atoms with E-state index in [9.17, 15) is 17.6 Å². The molecule has 0 aromatic carbocycles. The summed E-state index contributed by atoms with van der Waals surface area (Å²) in [5.74, 6) is 0. The van der Waals surface area contributed by atoms with E-state index in [0.29, 0.717) is 0 Å². The molecule has 0 amide bonds. The minimum Gasteiger partial charge on any atom is -0.257 e. The van der Waals surface area contributed by atoms with Crippen LogP contribution in [0.2, 0.25) is 0 Å². The smallest absolute Gasteiger partial charge is 0.257 e. The summed E-state index contributed by atoms with van der Waals surface area (Å²) in [5.41, 5.74) is -1.94. The number of hydrogen-bond donors (Lipinski definition) is 0. The van der Waals surface area contributed by atoms with Gasteiger partial charge in [0.05, 0.1) is 10.0 Å². The third-order valence-corrected chi connectivity index (χ3v) is 2.75. The van der Waals surface area contributed by atoms with E-state index in [1.54, 1.807) is 20.8 Å². The van der Waals surface area contributed by atoms with Crippen molar-refractivity contribution >= 4 is 15.9 Å². The second-order valence-corrected chi connectivity index (χ2v) is 5.06. The van der Waals surface area contributed by atoms with Crippen molar-refractivity contribution in [3.05, 3.63) is 15.9 Å². The Bertz CT molecular complexity index is 382. The highest BCUT2D eigenvalue weighted by Crippen LogP contribution is 2.37. The fraction of sp³-hybridized carbons (Fsp3) is 0.667. The number of aromatic nitrogens is 2. The molecule has 0 aliphatic carbocycles.